The maximum absolute atomic E-state index is 12.8. The van der Waals surface area contributed by atoms with Crippen molar-refractivity contribution in [2.24, 2.45) is 5.92 Å². The SMILES string of the molecule is Cc1nc(C(F)(F)F)ccc1NC(=O)[C@H]1C[C@@H](S(=O)(=O)c2cccc(C(F)(F)F)c2)C1. The van der Waals surface area contributed by atoms with Crippen molar-refractivity contribution in [2.45, 2.75) is 42.3 Å². The number of nitrogens with one attached hydrogen (secondary N) is 1. The van der Waals surface area contributed by atoms with Crippen molar-refractivity contribution in [3.8, 4) is 0 Å². The van der Waals surface area contributed by atoms with Gasteiger partial charge in [-0.3, -0.25) is 4.79 Å². The molecule has 168 valence electrons. The predicted molar refractivity (Wildman–Crippen MR) is 97.7 cm³/mol. The maximum Gasteiger partial charge on any atom is 0.433 e. The molecule has 31 heavy (non-hydrogen) atoms. The van der Waals surface area contributed by atoms with E-state index in [9.17, 15) is 39.6 Å². The molecular formula is C19H16F6N2O3S. The normalized spacial score (nSPS) is 19.6. The highest BCUT2D eigenvalue weighted by Crippen LogP contribution is 2.39. The summed E-state index contributed by atoms with van der Waals surface area (Å²) in [4.78, 5) is 15.2. The number of carbonyl (C=O) groups excluding carboxylic acids is 1. The number of aromatic nitrogens is 1. The van der Waals surface area contributed by atoms with Gasteiger partial charge >= 0.3 is 12.4 Å². The van der Waals surface area contributed by atoms with Crippen molar-refractivity contribution in [2.75, 3.05) is 5.32 Å². The number of hydrogen-bond donors (Lipinski definition) is 1. The number of nitrogens with zero attached hydrogens (tertiary/aromatic N) is 1. The predicted octanol–water partition coefficient (Wildman–Crippen LogP) is 4.62. The number of benzene rings is 1. The monoisotopic (exact) mass is 466 g/mol. The van der Waals surface area contributed by atoms with Crippen LogP contribution < -0.4 is 5.32 Å². The summed E-state index contributed by atoms with van der Waals surface area (Å²) < 4.78 is 102. The second-order valence-corrected chi connectivity index (χ2v) is 9.41. The molecule has 1 aliphatic rings. The average molecular weight is 466 g/mol. The van der Waals surface area contributed by atoms with E-state index < -0.39 is 55.4 Å². The molecule has 0 aliphatic heterocycles. The lowest BCUT2D eigenvalue weighted by atomic mass is 9.84. The zero-order valence-electron chi connectivity index (χ0n) is 15.9. The first-order valence-corrected chi connectivity index (χ1v) is 10.5. The molecule has 0 spiro atoms. The van der Waals surface area contributed by atoms with Gasteiger partial charge in [0.05, 0.1) is 27.1 Å². The summed E-state index contributed by atoms with van der Waals surface area (Å²) in [5.41, 5.74) is -2.20. The van der Waals surface area contributed by atoms with Gasteiger partial charge in [0.15, 0.2) is 9.84 Å². The standard InChI is InChI=1S/C19H16F6N2O3S/c1-10-15(5-6-16(26-10)19(23,24)25)27-17(28)11-7-14(8-11)31(29,30)13-4-2-3-12(9-13)18(20,21)22/h2-6,9,11,14H,7-8H2,1H3,(H,27,28)/t11-,14+. The fourth-order valence-corrected chi connectivity index (χ4v) is 5.08. The summed E-state index contributed by atoms with van der Waals surface area (Å²) >= 11 is 0. The summed E-state index contributed by atoms with van der Waals surface area (Å²) in [5.74, 6) is -1.34. The number of aryl methyl sites for hydroxylation is 1. The third-order valence-electron chi connectivity index (χ3n) is 5.03. The van der Waals surface area contributed by atoms with Crippen LogP contribution in [0.15, 0.2) is 41.3 Å². The number of alkyl halides is 6. The summed E-state index contributed by atoms with van der Waals surface area (Å²) in [6.07, 6.45) is -9.55. The quantitative estimate of drug-likeness (QED) is 0.668. The summed E-state index contributed by atoms with van der Waals surface area (Å²) in [5, 5.41) is 1.39. The molecule has 1 aromatic carbocycles. The van der Waals surface area contributed by atoms with Gasteiger partial charge in [0.1, 0.15) is 5.69 Å². The van der Waals surface area contributed by atoms with Crippen LogP contribution in [0.1, 0.15) is 29.8 Å². The molecule has 1 aromatic heterocycles. The minimum Gasteiger partial charge on any atom is -0.324 e. The van der Waals surface area contributed by atoms with Crippen LogP contribution in [0.2, 0.25) is 0 Å². The third kappa shape index (κ3) is 4.83. The lowest BCUT2D eigenvalue weighted by Gasteiger charge is -2.33. The second kappa shape index (κ2) is 7.81. The lowest BCUT2D eigenvalue weighted by molar-refractivity contribution is -0.141. The van der Waals surface area contributed by atoms with E-state index in [-0.39, 0.29) is 24.2 Å². The van der Waals surface area contributed by atoms with Gasteiger partial charge in [-0.05, 0) is 50.1 Å². The first-order valence-electron chi connectivity index (χ1n) is 8.96. The van der Waals surface area contributed by atoms with E-state index in [1.807, 2.05) is 0 Å². The van der Waals surface area contributed by atoms with E-state index in [1.54, 1.807) is 0 Å². The number of halogens is 6. The smallest absolute Gasteiger partial charge is 0.324 e. The molecule has 3 rings (SSSR count). The van der Waals surface area contributed by atoms with E-state index in [0.29, 0.717) is 12.1 Å². The van der Waals surface area contributed by atoms with Crippen LogP contribution in [0.4, 0.5) is 32.0 Å². The second-order valence-electron chi connectivity index (χ2n) is 7.18. The number of sulfone groups is 1. The summed E-state index contributed by atoms with van der Waals surface area (Å²) in [6, 6.07) is 5.15. The highest BCUT2D eigenvalue weighted by molar-refractivity contribution is 7.92. The van der Waals surface area contributed by atoms with Crippen LogP contribution in [-0.2, 0) is 27.0 Å². The van der Waals surface area contributed by atoms with Crippen LogP contribution in [0.3, 0.4) is 0 Å². The topological polar surface area (TPSA) is 76.1 Å². The van der Waals surface area contributed by atoms with Crippen molar-refractivity contribution < 1.29 is 39.6 Å². The van der Waals surface area contributed by atoms with E-state index in [1.165, 1.54) is 6.92 Å². The number of carbonyl (C=O) groups is 1. The van der Waals surface area contributed by atoms with Crippen LogP contribution in [0, 0.1) is 12.8 Å². The van der Waals surface area contributed by atoms with Gasteiger partial charge in [-0.15, -0.1) is 0 Å². The van der Waals surface area contributed by atoms with Crippen LogP contribution >= 0.6 is 0 Å². The van der Waals surface area contributed by atoms with E-state index in [0.717, 1.165) is 24.3 Å². The Morgan fingerprint density at radius 2 is 1.68 bits per heavy atom. The van der Waals surface area contributed by atoms with Gasteiger partial charge in [-0.25, -0.2) is 13.4 Å². The number of amides is 1. The minimum absolute atomic E-state index is 0.0576. The molecule has 1 fully saturated rings. The number of pyridine rings is 1. The number of rotatable bonds is 4. The van der Waals surface area contributed by atoms with Gasteiger partial charge in [-0.1, -0.05) is 6.07 Å². The van der Waals surface area contributed by atoms with Crippen LogP contribution in [-0.4, -0.2) is 24.6 Å². The van der Waals surface area contributed by atoms with Crippen molar-refractivity contribution in [3.63, 3.8) is 0 Å². The first-order chi connectivity index (χ1) is 14.2. The Bertz CT molecular complexity index is 1110. The molecule has 1 N–H and O–H groups in total. The Morgan fingerprint density at radius 3 is 2.23 bits per heavy atom. The highest BCUT2D eigenvalue weighted by atomic mass is 32.2. The highest BCUT2D eigenvalue weighted by Gasteiger charge is 2.43. The van der Waals surface area contributed by atoms with Crippen molar-refractivity contribution in [1.29, 1.82) is 0 Å². The molecule has 0 radical (unpaired) electrons. The third-order valence-corrected chi connectivity index (χ3v) is 7.20. The van der Waals surface area contributed by atoms with Crippen LogP contribution in [0.5, 0.6) is 0 Å². The van der Waals surface area contributed by atoms with Crippen molar-refractivity contribution in [3.05, 3.63) is 53.3 Å². The summed E-state index contributed by atoms with van der Waals surface area (Å²) in [6.45, 7) is 1.28. The molecule has 1 heterocycles. The molecule has 1 saturated carbocycles. The zero-order chi connectivity index (χ0) is 23.2. The molecule has 1 aliphatic carbocycles. The fourth-order valence-electron chi connectivity index (χ4n) is 3.16. The maximum atomic E-state index is 12.8. The molecule has 0 unspecified atom stereocenters. The van der Waals surface area contributed by atoms with E-state index >= 15 is 0 Å². The molecule has 1 amide bonds. The van der Waals surface area contributed by atoms with Crippen LogP contribution in [0.25, 0.3) is 0 Å². The van der Waals surface area contributed by atoms with Gasteiger partial charge in [0.2, 0.25) is 5.91 Å². The van der Waals surface area contributed by atoms with Gasteiger partial charge < -0.3 is 5.32 Å². The van der Waals surface area contributed by atoms with Gasteiger partial charge in [-0.2, -0.15) is 26.3 Å². The molecule has 0 atom stereocenters. The lowest BCUT2D eigenvalue weighted by Crippen LogP contribution is -2.42. The molecular weight excluding hydrogens is 450 g/mol. The van der Waals surface area contributed by atoms with E-state index in [4.69, 9.17) is 0 Å². The molecule has 5 nitrogen and oxygen atoms in total. The molecule has 0 saturated heterocycles. The number of anilines is 1. The van der Waals surface area contributed by atoms with Gasteiger partial charge in [0, 0.05) is 5.92 Å². The average Bonchev–Trinajstić information content (AvgIpc) is 2.60. The zero-order valence-corrected chi connectivity index (χ0v) is 16.7. The Morgan fingerprint density at radius 1 is 1.03 bits per heavy atom. The molecule has 2 aromatic rings. The number of hydrogen-bond acceptors (Lipinski definition) is 4. The fraction of sp³-hybridized carbons (Fsp3) is 0.368. The molecule has 12 heteroatoms. The largest absolute Gasteiger partial charge is 0.433 e. The Kier molecular flexibility index (Phi) is 5.80. The van der Waals surface area contributed by atoms with Crippen molar-refractivity contribution in [1.82, 2.24) is 4.98 Å². The summed E-state index contributed by atoms with van der Waals surface area (Å²) in [7, 11) is -4.07. The molecule has 0 bridgehead atoms. The Hall–Kier alpha value is -2.63. The van der Waals surface area contributed by atoms with Crippen molar-refractivity contribution >= 4 is 21.4 Å². The van der Waals surface area contributed by atoms with E-state index in [2.05, 4.69) is 10.3 Å². The van der Waals surface area contributed by atoms with Gasteiger partial charge in [0.25, 0.3) is 0 Å². The first kappa shape index (κ1) is 23.0. The minimum atomic E-state index is -4.69. The Labute approximate surface area is 173 Å². The Balaban J connectivity index is 1.66.